The SMILES string of the molecule is CNc1nc(OC)nc(-c2cc(C)ccc2C)n1. The molecule has 1 heterocycles. The molecule has 0 aliphatic carbocycles. The first-order valence-electron chi connectivity index (χ1n) is 5.69. The topological polar surface area (TPSA) is 59.9 Å². The lowest BCUT2D eigenvalue weighted by atomic mass is 10.1. The molecule has 2 rings (SSSR count). The van der Waals surface area contributed by atoms with Crippen LogP contribution in [0.15, 0.2) is 18.2 Å². The number of nitrogens with zero attached hydrogens (tertiary/aromatic N) is 3. The van der Waals surface area contributed by atoms with Crippen molar-refractivity contribution in [1.82, 2.24) is 15.0 Å². The van der Waals surface area contributed by atoms with Crippen LogP contribution in [0.3, 0.4) is 0 Å². The molecule has 2 aromatic rings. The number of aryl methyl sites for hydroxylation is 2. The predicted molar refractivity (Wildman–Crippen MR) is 70.8 cm³/mol. The number of nitrogens with one attached hydrogen (secondary N) is 1. The fraction of sp³-hybridized carbons (Fsp3) is 0.308. The fourth-order valence-corrected chi connectivity index (χ4v) is 1.66. The minimum atomic E-state index is 0.310. The molecule has 0 atom stereocenters. The van der Waals surface area contributed by atoms with Crippen molar-refractivity contribution in [3.05, 3.63) is 29.3 Å². The molecule has 0 fully saturated rings. The summed E-state index contributed by atoms with van der Waals surface area (Å²) in [5.41, 5.74) is 3.28. The van der Waals surface area contributed by atoms with E-state index in [1.807, 2.05) is 13.8 Å². The Balaban J connectivity index is 2.58. The van der Waals surface area contributed by atoms with Crippen molar-refractivity contribution in [1.29, 1.82) is 0 Å². The van der Waals surface area contributed by atoms with Gasteiger partial charge in [0.15, 0.2) is 5.82 Å². The summed E-state index contributed by atoms with van der Waals surface area (Å²) in [5.74, 6) is 1.12. The van der Waals surface area contributed by atoms with E-state index in [9.17, 15) is 0 Å². The Morgan fingerprint density at radius 1 is 1.11 bits per heavy atom. The Morgan fingerprint density at radius 3 is 2.56 bits per heavy atom. The summed E-state index contributed by atoms with van der Waals surface area (Å²) in [7, 11) is 3.31. The summed E-state index contributed by atoms with van der Waals surface area (Å²) >= 11 is 0. The average molecular weight is 244 g/mol. The van der Waals surface area contributed by atoms with Crippen molar-refractivity contribution < 1.29 is 4.74 Å². The second-order valence-corrected chi connectivity index (χ2v) is 4.04. The van der Waals surface area contributed by atoms with Crippen molar-refractivity contribution >= 4 is 5.95 Å². The van der Waals surface area contributed by atoms with Gasteiger partial charge in [-0.15, -0.1) is 0 Å². The monoisotopic (exact) mass is 244 g/mol. The Morgan fingerprint density at radius 2 is 1.89 bits per heavy atom. The number of benzene rings is 1. The summed E-state index contributed by atoms with van der Waals surface area (Å²) in [6, 6.07) is 6.49. The number of methoxy groups -OCH3 is 1. The Hall–Kier alpha value is -2.17. The van der Waals surface area contributed by atoms with Crippen molar-refractivity contribution in [2.45, 2.75) is 13.8 Å². The smallest absolute Gasteiger partial charge is 0.321 e. The van der Waals surface area contributed by atoms with Crippen LogP contribution in [0, 0.1) is 13.8 Å². The van der Waals surface area contributed by atoms with Crippen LogP contribution in [0.4, 0.5) is 5.95 Å². The highest BCUT2D eigenvalue weighted by Gasteiger charge is 2.10. The second kappa shape index (κ2) is 5.00. The third kappa shape index (κ3) is 2.40. The zero-order valence-corrected chi connectivity index (χ0v) is 11.0. The molecule has 0 unspecified atom stereocenters. The van der Waals surface area contributed by atoms with E-state index in [2.05, 4.69) is 38.5 Å². The van der Waals surface area contributed by atoms with Crippen LogP contribution in [0.5, 0.6) is 6.01 Å². The maximum atomic E-state index is 5.09. The predicted octanol–water partition coefficient (Wildman–Crippen LogP) is 2.21. The van der Waals surface area contributed by atoms with E-state index in [0.717, 1.165) is 11.1 Å². The quantitative estimate of drug-likeness (QED) is 0.897. The third-order valence-corrected chi connectivity index (χ3v) is 2.66. The molecule has 0 spiro atoms. The van der Waals surface area contributed by atoms with Gasteiger partial charge in [-0.25, -0.2) is 0 Å². The molecule has 0 bridgehead atoms. The summed E-state index contributed by atoms with van der Waals surface area (Å²) in [6.07, 6.45) is 0. The molecule has 1 aromatic heterocycles. The summed E-state index contributed by atoms with van der Waals surface area (Å²) in [5, 5.41) is 2.90. The zero-order valence-electron chi connectivity index (χ0n) is 11.0. The maximum absolute atomic E-state index is 5.09. The normalized spacial score (nSPS) is 10.2. The van der Waals surface area contributed by atoms with Crippen molar-refractivity contribution in [3.63, 3.8) is 0 Å². The first-order chi connectivity index (χ1) is 8.63. The molecule has 5 heteroatoms. The van der Waals surface area contributed by atoms with Gasteiger partial charge in [0.1, 0.15) is 0 Å². The highest BCUT2D eigenvalue weighted by atomic mass is 16.5. The van der Waals surface area contributed by atoms with Gasteiger partial charge >= 0.3 is 6.01 Å². The molecule has 0 aliphatic rings. The molecule has 1 N–H and O–H groups in total. The fourth-order valence-electron chi connectivity index (χ4n) is 1.66. The molecule has 0 saturated heterocycles. The number of hydrogen-bond acceptors (Lipinski definition) is 5. The van der Waals surface area contributed by atoms with Crippen molar-refractivity contribution in [2.24, 2.45) is 0 Å². The molecule has 94 valence electrons. The summed E-state index contributed by atoms with van der Waals surface area (Å²) < 4.78 is 5.09. The number of ether oxygens (including phenoxy) is 1. The van der Waals surface area contributed by atoms with Gasteiger partial charge < -0.3 is 10.1 Å². The zero-order chi connectivity index (χ0) is 13.1. The lowest BCUT2D eigenvalue weighted by Gasteiger charge is -2.08. The Bertz CT molecular complexity index is 547. The van der Waals surface area contributed by atoms with Crippen LogP contribution < -0.4 is 10.1 Å². The van der Waals surface area contributed by atoms with Crippen LogP contribution in [-0.2, 0) is 0 Å². The van der Waals surface area contributed by atoms with E-state index in [0.29, 0.717) is 17.8 Å². The lowest BCUT2D eigenvalue weighted by Crippen LogP contribution is -2.03. The van der Waals surface area contributed by atoms with Crippen molar-refractivity contribution in [2.75, 3.05) is 19.5 Å². The molecular formula is C13H16N4O. The van der Waals surface area contributed by atoms with E-state index in [-0.39, 0.29) is 0 Å². The molecule has 0 saturated carbocycles. The molecule has 0 aliphatic heterocycles. The first-order valence-corrected chi connectivity index (χ1v) is 5.69. The van der Waals surface area contributed by atoms with Gasteiger partial charge in [0, 0.05) is 12.6 Å². The highest BCUT2D eigenvalue weighted by molar-refractivity contribution is 5.62. The maximum Gasteiger partial charge on any atom is 0.321 e. The standard InChI is InChI=1S/C13H16N4O/c1-8-5-6-9(2)10(7-8)11-15-12(14-3)17-13(16-11)18-4/h5-7H,1-4H3,(H,14,15,16,17). The molecule has 0 radical (unpaired) electrons. The van der Waals surface area contributed by atoms with E-state index < -0.39 is 0 Å². The van der Waals surface area contributed by atoms with Crippen LogP contribution >= 0.6 is 0 Å². The minimum absolute atomic E-state index is 0.310. The third-order valence-electron chi connectivity index (χ3n) is 2.66. The number of hydrogen-bond donors (Lipinski definition) is 1. The Labute approximate surface area is 106 Å². The van der Waals surface area contributed by atoms with Gasteiger partial charge in [-0.2, -0.15) is 15.0 Å². The molecule has 1 aromatic carbocycles. The summed E-state index contributed by atoms with van der Waals surface area (Å²) in [6.45, 7) is 4.07. The minimum Gasteiger partial charge on any atom is -0.467 e. The Kier molecular flexibility index (Phi) is 3.41. The largest absolute Gasteiger partial charge is 0.467 e. The molecule has 0 amide bonds. The first kappa shape index (κ1) is 12.3. The van der Waals surface area contributed by atoms with Gasteiger partial charge in [-0.1, -0.05) is 17.7 Å². The van der Waals surface area contributed by atoms with Gasteiger partial charge in [-0.05, 0) is 25.5 Å². The second-order valence-electron chi connectivity index (χ2n) is 4.04. The summed E-state index contributed by atoms with van der Waals surface area (Å²) in [4.78, 5) is 12.7. The molecule has 5 nitrogen and oxygen atoms in total. The van der Waals surface area contributed by atoms with E-state index >= 15 is 0 Å². The number of anilines is 1. The molecular weight excluding hydrogens is 228 g/mol. The number of aromatic nitrogens is 3. The van der Waals surface area contributed by atoms with E-state index in [4.69, 9.17) is 4.74 Å². The van der Waals surface area contributed by atoms with E-state index in [1.54, 1.807) is 14.2 Å². The van der Waals surface area contributed by atoms with Gasteiger partial charge in [0.2, 0.25) is 5.95 Å². The number of rotatable bonds is 3. The van der Waals surface area contributed by atoms with Gasteiger partial charge in [0.25, 0.3) is 0 Å². The highest BCUT2D eigenvalue weighted by Crippen LogP contribution is 2.23. The van der Waals surface area contributed by atoms with E-state index in [1.165, 1.54) is 5.56 Å². The average Bonchev–Trinajstić information content (AvgIpc) is 2.40. The van der Waals surface area contributed by atoms with Crippen LogP contribution in [0.2, 0.25) is 0 Å². The lowest BCUT2D eigenvalue weighted by molar-refractivity contribution is 0.379. The van der Waals surface area contributed by atoms with Crippen LogP contribution in [0.1, 0.15) is 11.1 Å². The van der Waals surface area contributed by atoms with Gasteiger partial charge in [0.05, 0.1) is 7.11 Å². The van der Waals surface area contributed by atoms with Gasteiger partial charge in [-0.3, -0.25) is 0 Å². The van der Waals surface area contributed by atoms with Crippen molar-refractivity contribution in [3.8, 4) is 17.4 Å². The van der Waals surface area contributed by atoms with Crippen LogP contribution in [-0.4, -0.2) is 29.1 Å². The van der Waals surface area contributed by atoms with Crippen LogP contribution in [0.25, 0.3) is 11.4 Å². The molecule has 18 heavy (non-hydrogen) atoms.